The highest BCUT2D eigenvalue weighted by atomic mass is 35.5. The van der Waals surface area contributed by atoms with Crippen LogP contribution in [0.4, 0.5) is 4.79 Å². The van der Waals surface area contributed by atoms with E-state index in [1.165, 1.54) is 11.1 Å². The first-order valence-corrected chi connectivity index (χ1v) is 12.9. The monoisotopic (exact) mass is 511 g/mol. The molecular weight excluding hydrogens is 478 g/mol. The van der Waals surface area contributed by atoms with E-state index >= 15 is 0 Å². The molecule has 4 rings (SSSR count). The lowest BCUT2D eigenvalue weighted by molar-refractivity contribution is 0.0675. The number of hydrogen-bond acceptors (Lipinski definition) is 7. The summed E-state index contributed by atoms with van der Waals surface area (Å²) in [7, 11) is 0. The number of carbonyl (C=O) groups excluding carboxylic acids is 2. The van der Waals surface area contributed by atoms with Crippen LogP contribution in [0.3, 0.4) is 0 Å². The van der Waals surface area contributed by atoms with Crippen molar-refractivity contribution in [3.8, 4) is 0 Å². The Kier molecular flexibility index (Phi) is 8.23. The molecule has 1 fully saturated rings. The first-order valence-electron chi connectivity index (χ1n) is 12.5. The number of hydrogen-bond donors (Lipinski definition) is 0. The molecule has 0 N–H and O–H groups in total. The molecule has 1 aromatic carbocycles. The Balaban J connectivity index is 1.81. The van der Waals surface area contributed by atoms with Gasteiger partial charge in [-0.05, 0) is 56.0 Å². The molecule has 1 saturated heterocycles. The number of carbonyl (C=O) groups is 2. The van der Waals surface area contributed by atoms with Crippen molar-refractivity contribution in [3.05, 3.63) is 64.9 Å². The van der Waals surface area contributed by atoms with Crippen LogP contribution in [0, 0.1) is 0 Å². The summed E-state index contributed by atoms with van der Waals surface area (Å²) in [6.45, 7) is 12.6. The molecule has 10 heteroatoms. The van der Waals surface area contributed by atoms with Gasteiger partial charge in [-0.1, -0.05) is 51.4 Å². The highest BCUT2D eigenvalue weighted by Gasteiger charge is 2.55. The van der Waals surface area contributed by atoms with Crippen molar-refractivity contribution >= 4 is 29.4 Å². The van der Waals surface area contributed by atoms with Crippen molar-refractivity contribution in [3.63, 3.8) is 0 Å². The molecule has 1 aromatic heterocycles. The van der Waals surface area contributed by atoms with Gasteiger partial charge in [-0.25, -0.2) is 9.69 Å². The van der Waals surface area contributed by atoms with Crippen LogP contribution in [0.1, 0.15) is 49.7 Å². The van der Waals surface area contributed by atoms with Gasteiger partial charge < -0.3 is 0 Å². The lowest BCUT2D eigenvalue weighted by atomic mass is 9.98. The summed E-state index contributed by atoms with van der Waals surface area (Å²) in [6, 6.07) is 9.99. The largest absolute Gasteiger partial charge is 0.334 e. The molecule has 9 nitrogen and oxygen atoms in total. The van der Waals surface area contributed by atoms with E-state index in [4.69, 9.17) is 16.7 Å². The number of nitrogens with zero attached hydrogens (tertiary/aromatic N) is 7. The lowest BCUT2D eigenvalue weighted by Gasteiger charge is -2.36. The topological polar surface area (TPSA) is 75.6 Å². The summed E-state index contributed by atoms with van der Waals surface area (Å²) >= 11 is 6.21. The fraction of sp³-hybridized carbons (Fsp3) is 0.462. The van der Waals surface area contributed by atoms with Crippen LogP contribution in [-0.2, 0) is 0 Å². The summed E-state index contributed by atoms with van der Waals surface area (Å²) in [5.41, 5.74) is 1.34. The van der Waals surface area contributed by atoms with Crippen LogP contribution >= 0.6 is 11.6 Å². The van der Waals surface area contributed by atoms with E-state index in [2.05, 4.69) is 42.5 Å². The van der Waals surface area contributed by atoms with E-state index in [0.29, 0.717) is 29.8 Å². The Bertz CT molecular complexity index is 1090. The smallest absolute Gasteiger partial charge is 0.298 e. The fourth-order valence-corrected chi connectivity index (χ4v) is 4.87. The molecule has 192 valence electrons. The van der Waals surface area contributed by atoms with Gasteiger partial charge in [0, 0.05) is 17.4 Å². The molecule has 0 spiro atoms. The number of hydrazone groups is 1. The van der Waals surface area contributed by atoms with Crippen LogP contribution in [0.2, 0.25) is 5.02 Å². The van der Waals surface area contributed by atoms with E-state index in [0.717, 1.165) is 31.7 Å². The SMILES string of the molecule is CCN(CC)CN1N=C2C(C1c1ccc(Cl)cc1)N(CN(CC)CC)C(=O)N2C(=O)c1cccnc1. The lowest BCUT2D eigenvalue weighted by Crippen LogP contribution is -2.48. The molecule has 3 amide bonds. The number of halogens is 1. The molecule has 0 bridgehead atoms. The van der Waals surface area contributed by atoms with Gasteiger partial charge in [0.05, 0.1) is 18.9 Å². The Morgan fingerprint density at radius 2 is 1.58 bits per heavy atom. The predicted octanol–water partition coefficient (Wildman–Crippen LogP) is 3.95. The van der Waals surface area contributed by atoms with Crippen molar-refractivity contribution in [1.29, 1.82) is 0 Å². The van der Waals surface area contributed by atoms with Gasteiger partial charge in [-0.2, -0.15) is 5.10 Å². The molecule has 36 heavy (non-hydrogen) atoms. The Morgan fingerprint density at radius 3 is 2.17 bits per heavy atom. The third-order valence-electron chi connectivity index (χ3n) is 6.93. The van der Waals surface area contributed by atoms with Crippen LogP contribution in [0.15, 0.2) is 53.9 Å². The number of amidine groups is 1. The third kappa shape index (κ3) is 4.96. The van der Waals surface area contributed by atoms with Crippen molar-refractivity contribution in [2.75, 3.05) is 39.5 Å². The maximum Gasteiger partial charge on any atom is 0.334 e. The Labute approximate surface area is 217 Å². The molecule has 0 radical (unpaired) electrons. The first-order chi connectivity index (χ1) is 17.4. The maximum absolute atomic E-state index is 13.8. The number of aromatic nitrogens is 1. The summed E-state index contributed by atoms with van der Waals surface area (Å²) in [5, 5.41) is 7.58. The quantitative estimate of drug-likeness (QED) is 0.481. The fourth-order valence-electron chi connectivity index (χ4n) is 4.75. The molecule has 0 saturated carbocycles. The molecule has 2 aliphatic heterocycles. The van der Waals surface area contributed by atoms with Crippen molar-refractivity contribution in [1.82, 2.24) is 29.6 Å². The minimum atomic E-state index is -0.421. The zero-order chi connectivity index (χ0) is 25.8. The van der Waals surface area contributed by atoms with Crippen LogP contribution in [0.25, 0.3) is 0 Å². The number of pyridine rings is 1. The molecule has 2 aliphatic rings. The molecule has 2 atom stereocenters. The minimum absolute atomic E-state index is 0.260. The van der Waals surface area contributed by atoms with E-state index in [1.807, 2.05) is 29.3 Å². The van der Waals surface area contributed by atoms with Gasteiger partial charge in [0.2, 0.25) is 0 Å². The second-order valence-electron chi connectivity index (χ2n) is 8.86. The van der Waals surface area contributed by atoms with E-state index in [9.17, 15) is 9.59 Å². The number of rotatable bonds is 10. The minimum Gasteiger partial charge on any atom is -0.298 e. The highest BCUT2D eigenvalue weighted by Crippen LogP contribution is 2.40. The average molecular weight is 512 g/mol. The third-order valence-corrected chi connectivity index (χ3v) is 7.18. The Hall–Kier alpha value is -3.01. The molecule has 0 aliphatic carbocycles. The van der Waals surface area contributed by atoms with Gasteiger partial charge in [0.15, 0.2) is 5.84 Å². The number of fused-ring (bicyclic) bond motifs is 1. The van der Waals surface area contributed by atoms with Crippen LogP contribution in [0.5, 0.6) is 0 Å². The Morgan fingerprint density at radius 1 is 0.944 bits per heavy atom. The second-order valence-corrected chi connectivity index (χ2v) is 9.30. The van der Waals surface area contributed by atoms with E-state index in [1.54, 1.807) is 23.2 Å². The van der Waals surface area contributed by atoms with Gasteiger partial charge >= 0.3 is 6.03 Å². The zero-order valence-electron chi connectivity index (χ0n) is 21.3. The number of imide groups is 1. The summed E-state index contributed by atoms with van der Waals surface area (Å²) in [4.78, 5) is 38.9. The van der Waals surface area contributed by atoms with Gasteiger partial charge in [-0.15, -0.1) is 0 Å². The van der Waals surface area contributed by atoms with E-state index < -0.39 is 11.9 Å². The van der Waals surface area contributed by atoms with Crippen LogP contribution in [-0.4, -0.2) is 92.9 Å². The van der Waals surface area contributed by atoms with Crippen molar-refractivity contribution in [2.45, 2.75) is 39.8 Å². The molecule has 2 aromatic rings. The van der Waals surface area contributed by atoms with Crippen molar-refractivity contribution < 1.29 is 9.59 Å². The number of amides is 3. The average Bonchev–Trinajstić information content (AvgIpc) is 3.39. The molecular formula is C26H34ClN7O2. The summed E-state index contributed by atoms with van der Waals surface area (Å²) in [5.74, 6) is 0.0338. The standard InChI is InChI=1S/C26H34ClN7O2/c1-5-30(6-2)17-32-23-22(19-11-13-21(27)14-12-19)33(18-31(7-3)8-4)29-24(23)34(26(32)36)25(35)20-10-9-15-28-16-20/h9-16,22-23H,5-8,17-18H2,1-4H3. The highest BCUT2D eigenvalue weighted by molar-refractivity contribution is 6.30. The predicted molar refractivity (Wildman–Crippen MR) is 140 cm³/mol. The normalized spacial score (nSPS) is 19.5. The second kappa shape index (κ2) is 11.4. The van der Waals surface area contributed by atoms with Gasteiger partial charge in [0.1, 0.15) is 12.1 Å². The van der Waals surface area contributed by atoms with E-state index in [-0.39, 0.29) is 12.1 Å². The first kappa shape index (κ1) is 26.1. The maximum atomic E-state index is 13.8. The summed E-state index contributed by atoms with van der Waals surface area (Å²) in [6.07, 6.45) is 3.09. The van der Waals surface area contributed by atoms with Gasteiger partial charge in [0.25, 0.3) is 5.91 Å². The number of urea groups is 1. The molecule has 2 unspecified atom stereocenters. The number of benzene rings is 1. The van der Waals surface area contributed by atoms with Crippen molar-refractivity contribution in [2.24, 2.45) is 5.10 Å². The van der Waals surface area contributed by atoms with Gasteiger partial charge in [-0.3, -0.25) is 29.5 Å². The molecule has 3 heterocycles. The summed E-state index contributed by atoms with van der Waals surface area (Å²) < 4.78 is 0. The zero-order valence-corrected chi connectivity index (χ0v) is 22.1. The van der Waals surface area contributed by atoms with Crippen LogP contribution < -0.4 is 0 Å².